The molecule has 86 valence electrons. The lowest BCUT2D eigenvalue weighted by atomic mass is 10.2. The number of alkyl halides is 1. The van der Waals surface area contributed by atoms with Gasteiger partial charge >= 0.3 is 0 Å². The summed E-state index contributed by atoms with van der Waals surface area (Å²) >= 11 is 6.34. The molecule has 0 rings (SSSR count). The lowest BCUT2D eigenvalue weighted by Gasteiger charge is -2.26. The number of nitrogens with zero attached hydrogens (tertiary/aromatic N) is 1. The summed E-state index contributed by atoms with van der Waals surface area (Å²) in [7, 11) is 0. The van der Waals surface area contributed by atoms with E-state index in [9.17, 15) is 0 Å². The average Bonchev–Trinajstić information content (AvgIpc) is 2.18. The van der Waals surface area contributed by atoms with E-state index in [1.807, 2.05) is 0 Å². The van der Waals surface area contributed by atoms with Gasteiger partial charge in [0, 0.05) is 0 Å². The number of hydrogen-bond donors (Lipinski definition) is 0. The van der Waals surface area contributed by atoms with Crippen LogP contribution in [0, 0.1) is 0 Å². The molecule has 0 heterocycles. The lowest BCUT2D eigenvalue weighted by Crippen LogP contribution is -2.33. The lowest BCUT2D eigenvalue weighted by molar-refractivity contribution is 0.234. The molecule has 0 spiro atoms. The van der Waals surface area contributed by atoms with Crippen LogP contribution in [-0.4, -0.2) is 23.5 Å². The molecule has 0 aliphatic heterocycles. The molecule has 0 N–H and O–H groups in total. The van der Waals surface area contributed by atoms with E-state index in [1.54, 1.807) is 0 Å². The van der Waals surface area contributed by atoms with Crippen LogP contribution in [0.5, 0.6) is 0 Å². The Morgan fingerprint density at radius 2 is 1.43 bits per heavy atom. The van der Waals surface area contributed by atoms with Gasteiger partial charge in [0.05, 0.1) is 5.50 Å². The van der Waals surface area contributed by atoms with E-state index in [1.165, 1.54) is 45.2 Å². The van der Waals surface area contributed by atoms with Gasteiger partial charge in [0.2, 0.25) is 0 Å². The monoisotopic (exact) mass is 219 g/mol. The normalized spacial score (nSPS) is 13.5. The Balaban J connectivity index is 3.81. The molecular formula is C12H26ClN. The first-order chi connectivity index (χ1) is 6.76. The zero-order valence-electron chi connectivity index (χ0n) is 10.1. The average molecular weight is 220 g/mol. The molecule has 0 aromatic carbocycles. The summed E-state index contributed by atoms with van der Waals surface area (Å²) in [5, 5.41) is 0. The summed E-state index contributed by atoms with van der Waals surface area (Å²) < 4.78 is 0. The predicted octanol–water partition coefficient (Wildman–Crippen LogP) is 4.25. The van der Waals surface area contributed by atoms with Gasteiger partial charge in [0.25, 0.3) is 0 Å². The Hall–Kier alpha value is 0.250. The molecule has 0 aliphatic rings. The predicted molar refractivity (Wildman–Crippen MR) is 65.9 cm³/mol. The molecular weight excluding hydrogens is 194 g/mol. The number of rotatable bonds is 9. The van der Waals surface area contributed by atoms with E-state index >= 15 is 0 Å². The van der Waals surface area contributed by atoms with E-state index in [2.05, 4.69) is 25.7 Å². The van der Waals surface area contributed by atoms with Crippen molar-refractivity contribution < 1.29 is 0 Å². The van der Waals surface area contributed by atoms with Crippen LogP contribution in [0.15, 0.2) is 0 Å². The number of unbranched alkanes of at least 4 members (excludes halogenated alkanes) is 2. The minimum Gasteiger partial charge on any atom is -0.287 e. The molecule has 0 amide bonds. The topological polar surface area (TPSA) is 3.24 Å². The summed E-state index contributed by atoms with van der Waals surface area (Å²) in [6.07, 6.45) is 7.38. The smallest absolute Gasteiger partial charge is 0.0850 e. The molecule has 0 bridgehead atoms. The third kappa shape index (κ3) is 6.67. The van der Waals surface area contributed by atoms with Gasteiger partial charge in [-0.05, 0) is 32.4 Å². The van der Waals surface area contributed by atoms with E-state index in [4.69, 9.17) is 11.6 Å². The zero-order chi connectivity index (χ0) is 10.8. The Kier molecular flexibility index (Phi) is 9.97. The van der Waals surface area contributed by atoms with Crippen LogP contribution < -0.4 is 0 Å². The maximum Gasteiger partial charge on any atom is 0.0850 e. The van der Waals surface area contributed by atoms with Crippen molar-refractivity contribution in [3.8, 4) is 0 Å². The molecule has 0 fully saturated rings. The highest BCUT2D eigenvalue weighted by atomic mass is 35.5. The summed E-state index contributed by atoms with van der Waals surface area (Å²) in [5.74, 6) is 0. The summed E-state index contributed by atoms with van der Waals surface area (Å²) in [4.78, 5) is 2.44. The van der Waals surface area contributed by atoms with Crippen LogP contribution in [0.4, 0.5) is 0 Å². The van der Waals surface area contributed by atoms with Gasteiger partial charge in [-0.1, -0.05) is 40.0 Å². The standard InChI is InChI=1S/C12H26ClN/c1-4-7-10-14(11-8-5-2)12(13)9-6-3/h12H,4-11H2,1-3H3. The first-order valence-electron chi connectivity index (χ1n) is 6.14. The molecule has 0 radical (unpaired) electrons. The molecule has 0 aliphatic carbocycles. The minimum absolute atomic E-state index is 0.262. The minimum atomic E-state index is 0.262. The third-order valence-electron chi connectivity index (χ3n) is 2.52. The molecule has 14 heavy (non-hydrogen) atoms. The van der Waals surface area contributed by atoms with Crippen LogP contribution >= 0.6 is 11.6 Å². The van der Waals surface area contributed by atoms with Gasteiger partial charge < -0.3 is 0 Å². The molecule has 1 unspecified atom stereocenters. The highest BCUT2D eigenvalue weighted by Crippen LogP contribution is 2.13. The van der Waals surface area contributed by atoms with Crippen LogP contribution in [0.2, 0.25) is 0 Å². The van der Waals surface area contributed by atoms with Crippen LogP contribution in [0.25, 0.3) is 0 Å². The maximum atomic E-state index is 6.34. The molecule has 0 aromatic rings. The van der Waals surface area contributed by atoms with Crippen molar-refractivity contribution in [3.63, 3.8) is 0 Å². The fourth-order valence-corrected chi connectivity index (χ4v) is 1.95. The van der Waals surface area contributed by atoms with Crippen molar-refractivity contribution in [1.29, 1.82) is 0 Å². The Morgan fingerprint density at radius 3 is 1.79 bits per heavy atom. The zero-order valence-corrected chi connectivity index (χ0v) is 10.8. The SMILES string of the molecule is CCCCN(CCCC)C(Cl)CCC. The summed E-state index contributed by atoms with van der Waals surface area (Å²) in [6.45, 7) is 9.02. The van der Waals surface area contributed by atoms with Gasteiger partial charge in [-0.25, -0.2) is 0 Å². The fraction of sp³-hybridized carbons (Fsp3) is 1.00. The second kappa shape index (κ2) is 9.79. The van der Waals surface area contributed by atoms with Crippen LogP contribution in [0.1, 0.15) is 59.3 Å². The van der Waals surface area contributed by atoms with Gasteiger partial charge in [0.1, 0.15) is 0 Å². The molecule has 0 aromatic heterocycles. The molecule has 1 atom stereocenters. The van der Waals surface area contributed by atoms with Crippen LogP contribution in [-0.2, 0) is 0 Å². The first-order valence-corrected chi connectivity index (χ1v) is 6.57. The fourth-order valence-electron chi connectivity index (χ4n) is 1.54. The Bertz CT molecular complexity index is 109. The maximum absolute atomic E-state index is 6.34. The van der Waals surface area contributed by atoms with Crippen molar-refractivity contribution in [2.45, 2.75) is 64.8 Å². The van der Waals surface area contributed by atoms with Crippen molar-refractivity contribution in [2.24, 2.45) is 0 Å². The number of hydrogen-bond acceptors (Lipinski definition) is 1. The Labute approximate surface area is 94.8 Å². The van der Waals surface area contributed by atoms with Crippen molar-refractivity contribution in [2.75, 3.05) is 13.1 Å². The van der Waals surface area contributed by atoms with Gasteiger partial charge in [-0.15, -0.1) is 11.6 Å². The third-order valence-corrected chi connectivity index (χ3v) is 3.02. The molecule has 2 heteroatoms. The molecule has 0 saturated carbocycles. The van der Waals surface area contributed by atoms with E-state index in [-0.39, 0.29) is 5.50 Å². The summed E-state index contributed by atoms with van der Waals surface area (Å²) in [5.41, 5.74) is 0.262. The van der Waals surface area contributed by atoms with E-state index < -0.39 is 0 Å². The number of halogens is 1. The van der Waals surface area contributed by atoms with Crippen LogP contribution in [0.3, 0.4) is 0 Å². The highest BCUT2D eigenvalue weighted by Gasteiger charge is 2.13. The van der Waals surface area contributed by atoms with Crippen molar-refractivity contribution in [1.82, 2.24) is 4.90 Å². The van der Waals surface area contributed by atoms with Crippen molar-refractivity contribution >= 4 is 11.6 Å². The van der Waals surface area contributed by atoms with Crippen molar-refractivity contribution in [3.05, 3.63) is 0 Å². The van der Waals surface area contributed by atoms with Gasteiger partial charge in [0.15, 0.2) is 0 Å². The molecule has 0 saturated heterocycles. The van der Waals surface area contributed by atoms with E-state index in [0.717, 1.165) is 6.42 Å². The molecule has 1 nitrogen and oxygen atoms in total. The highest BCUT2D eigenvalue weighted by molar-refractivity contribution is 6.20. The summed E-state index contributed by atoms with van der Waals surface area (Å²) in [6, 6.07) is 0. The first kappa shape index (κ1) is 14.2. The van der Waals surface area contributed by atoms with Gasteiger partial charge in [-0.3, -0.25) is 4.90 Å². The van der Waals surface area contributed by atoms with Gasteiger partial charge in [-0.2, -0.15) is 0 Å². The van der Waals surface area contributed by atoms with E-state index in [0.29, 0.717) is 0 Å². The second-order valence-corrected chi connectivity index (χ2v) is 4.47. The Morgan fingerprint density at radius 1 is 0.929 bits per heavy atom. The second-order valence-electron chi connectivity index (χ2n) is 3.97. The largest absolute Gasteiger partial charge is 0.287 e. The quantitative estimate of drug-likeness (QED) is 0.414.